The largest absolute Gasteiger partial charge is 0.493 e. The van der Waals surface area contributed by atoms with E-state index in [0.717, 1.165) is 49.0 Å². The maximum absolute atomic E-state index is 14.7. The summed E-state index contributed by atoms with van der Waals surface area (Å²) < 4.78 is 20.9. The number of hydrogen-bond donors (Lipinski definition) is 2. The molecule has 0 saturated heterocycles. The van der Waals surface area contributed by atoms with Gasteiger partial charge in [0.05, 0.1) is 12.2 Å². The van der Waals surface area contributed by atoms with E-state index < -0.39 is 24.2 Å². The Morgan fingerprint density at radius 2 is 1.87 bits per heavy atom. The van der Waals surface area contributed by atoms with Gasteiger partial charge in [0.25, 0.3) is 5.91 Å². The standard InChI is InChI=1S/C24H32FNO4/c1-14-5-15-7-16(6-14)11-24(2,10-15)13-30-21-9-20(25)19(8-18(21)17-3-4-17)23(29)26-12-22(27)28/h8-9,14-17H,3-7,10-13H2,1-2H3,(H,26,29)(H,27,28). The lowest BCUT2D eigenvalue weighted by Gasteiger charge is -2.47. The molecule has 2 atom stereocenters. The Balaban J connectivity index is 1.48. The van der Waals surface area contributed by atoms with Crippen molar-refractivity contribution in [2.24, 2.45) is 23.2 Å². The number of carboxylic acid groups (broad SMARTS) is 1. The number of nitrogens with one attached hydrogen (secondary N) is 1. The molecule has 3 fully saturated rings. The average Bonchev–Trinajstić information content (AvgIpc) is 3.48. The predicted octanol–water partition coefficient (Wildman–Crippen LogP) is 4.75. The van der Waals surface area contributed by atoms with Crippen LogP contribution in [0.5, 0.6) is 5.75 Å². The molecule has 0 radical (unpaired) electrons. The van der Waals surface area contributed by atoms with Crippen molar-refractivity contribution < 1.29 is 23.8 Å². The summed E-state index contributed by atoms with van der Waals surface area (Å²) in [7, 11) is 0. The van der Waals surface area contributed by atoms with Crippen molar-refractivity contribution in [3.63, 3.8) is 0 Å². The topological polar surface area (TPSA) is 75.6 Å². The molecule has 2 bridgehead atoms. The third-order valence-corrected chi connectivity index (χ3v) is 7.04. The number of carbonyl (C=O) groups is 2. The van der Waals surface area contributed by atoms with E-state index in [-0.39, 0.29) is 16.9 Å². The summed E-state index contributed by atoms with van der Waals surface area (Å²) in [6, 6.07) is 2.87. The van der Waals surface area contributed by atoms with Crippen LogP contribution >= 0.6 is 0 Å². The Bertz CT molecular complexity index is 817. The van der Waals surface area contributed by atoms with Crippen molar-refractivity contribution in [3.05, 3.63) is 29.1 Å². The lowest BCUT2D eigenvalue weighted by Crippen LogP contribution is -2.39. The molecule has 0 aromatic heterocycles. The third-order valence-electron chi connectivity index (χ3n) is 7.04. The molecule has 0 heterocycles. The van der Waals surface area contributed by atoms with Gasteiger partial charge in [-0.25, -0.2) is 4.39 Å². The van der Waals surface area contributed by atoms with Gasteiger partial charge in [-0.2, -0.15) is 0 Å². The minimum absolute atomic E-state index is 0.0998. The number of hydrogen-bond acceptors (Lipinski definition) is 3. The molecule has 4 rings (SSSR count). The first kappa shape index (κ1) is 21.1. The second-order valence-electron chi connectivity index (χ2n) is 10.3. The van der Waals surface area contributed by atoms with Crippen LogP contribution in [0.2, 0.25) is 0 Å². The molecular formula is C24H32FNO4. The maximum Gasteiger partial charge on any atom is 0.322 e. The van der Waals surface area contributed by atoms with Gasteiger partial charge in [0.15, 0.2) is 0 Å². The minimum Gasteiger partial charge on any atom is -0.493 e. The number of rotatable bonds is 7. The molecule has 1 aromatic carbocycles. The summed E-state index contributed by atoms with van der Waals surface area (Å²) in [4.78, 5) is 22.9. The molecule has 1 amide bonds. The van der Waals surface area contributed by atoms with Crippen molar-refractivity contribution in [2.45, 2.75) is 64.7 Å². The van der Waals surface area contributed by atoms with E-state index in [1.165, 1.54) is 25.3 Å². The molecule has 1 aromatic rings. The van der Waals surface area contributed by atoms with Crippen molar-refractivity contribution in [2.75, 3.05) is 13.2 Å². The van der Waals surface area contributed by atoms with Crippen LogP contribution < -0.4 is 10.1 Å². The molecule has 0 aliphatic heterocycles. The van der Waals surface area contributed by atoms with E-state index in [1.807, 2.05) is 0 Å². The van der Waals surface area contributed by atoms with Crippen molar-refractivity contribution in [3.8, 4) is 5.75 Å². The number of ether oxygens (including phenoxy) is 1. The minimum atomic E-state index is -1.16. The fourth-order valence-electron chi connectivity index (χ4n) is 5.91. The van der Waals surface area contributed by atoms with Crippen LogP contribution in [0, 0.1) is 29.0 Å². The monoisotopic (exact) mass is 417 g/mol. The lowest BCUT2D eigenvalue weighted by atomic mass is 9.60. The Morgan fingerprint density at radius 1 is 1.20 bits per heavy atom. The molecule has 0 spiro atoms. The van der Waals surface area contributed by atoms with Gasteiger partial charge >= 0.3 is 5.97 Å². The quantitative estimate of drug-likeness (QED) is 0.671. The smallest absolute Gasteiger partial charge is 0.322 e. The Kier molecular flexibility index (Phi) is 5.78. The fraction of sp³-hybridized carbons (Fsp3) is 0.667. The highest BCUT2D eigenvalue weighted by atomic mass is 19.1. The van der Waals surface area contributed by atoms with Crippen LogP contribution in [0.3, 0.4) is 0 Å². The molecule has 2 unspecified atom stereocenters. The highest BCUT2D eigenvalue weighted by molar-refractivity contribution is 5.96. The number of halogens is 1. The predicted molar refractivity (Wildman–Crippen MR) is 111 cm³/mol. The molecule has 30 heavy (non-hydrogen) atoms. The summed E-state index contributed by atoms with van der Waals surface area (Å²) in [5, 5.41) is 11.0. The van der Waals surface area contributed by atoms with E-state index in [4.69, 9.17) is 9.84 Å². The Labute approximate surface area is 177 Å². The zero-order chi connectivity index (χ0) is 21.5. The van der Waals surface area contributed by atoms with Gasteiger partial charge < -0.3 is 15.2 Å². The van der Waals surface area contributed by atoms with Gasteiger partial charge in [0, 0.05) is 11.5 Å². The first-order valence-corrected chi connectivity index (χ1v) is 11.2. The second-order valence-corrected chi connectivity index (χ2v) is 10.3. The van der Waals surface area contributed by atoms with Gasteiger partial charge in [-0.15, -0.1) is 0 Å². The van der Waals surface area contributed by atoms with Crippen LogP contribution in [0.15, 0.2) is 12.1 Å². The third kappa shape index (κ3) is 4.79. The summed E-state index contributed by atoms with van der Waals surface area (Å²) in [6.45, 7) is 4.69. The molecular weight excluding hydrogens is 385 g/mol. The first-order valence-electron chi connectivity index (χ1n) is 11.2. The molecule has 3 aliphatic carbocycles. The molecule has 6 heteroatoms. The summed E-state index contributed by atoms with van der Waals surface area (Å²) in [6.07, 6.45) is 8.24. The molecule has 3 saturated carbocycles. The highest BCUT2D eigenvalue weighted by Gasteiger charge is 2.41. The normalized spacial score (nSPS) is 30.6. The Hall–Kier alpha value is -2.11. The number of aliphatic carboxylic acids is 1. The first-order chi connectivity index (χ1) is 14.2. The van der Waals surface area contributed by atoms with E-state index in [1.54, 1.807) is 6.07 Å². The Morgan fingerprint density at radius 3 is 2.47 bits per heavy atom. The second kappa shape index (κ2) is 8.20. The molecule has 3 aliphatic rings. The maximum atomic E-state index is 14.7. The average molecular weight is 418 g/mol. The van der Waals surface area contributed by atoms with Crippen LogP contribution in [-0.4, -0.2) is 30.1 Å². The van der Waals surface area contributed by atoms with Crippen LogP contribution in [0.25, 0.3) is 0 Å². The van der Waals surface area contributed by atoms with Crippen molar-refractivity contribution in [1.82, 2.24) is 5.32 Å². The van der Waals surface area contributed by atoms with Gasteiger partial charge in [-0.05, 0) is 80.2 Å². The molecule has 5 nitrogen and oxygen atoms in total. The van der Waals surface area contributed by atoms with Crippen molar-refractivity contribution >= 4 is 11.9 Å². The SMILES string of the molecule is CC1CC2CC(C1)CC(C)(COc1cc(F)c(C(=O)NCC(=O)O)cc1C1CC1)C2. The number of carbonyl (C=O) groups excluding carboxylic acids is 1. The van der Waals surface area contributed by atoms with Crippen molar-refractivity contribution in [1.29, 1.82) is 0 Å². The van der Waals surface area contributed by atoms with Gasteiger partial charge in [-0.1, -0.05) is 13.8 Å². The van der Waals surface area contributed by atoms with Gasteiger partial charge in [0.2, 0.25) is 0 Å². The number of fused-ring (bicyclic) bond motifs is 2. The number of amides is 1. The summed E-state index contributed by atoms with van der Waals surface area (Å²) in [5.41, 5.74) is 0.853. The fourth-order valence-corrected chi connectivity index (χ4v) is 5.91. The zero-order valence-electron chi connectivity index (χ0n) is 17.9. The van der Waals surface area contributed by atoms with Gasteiger partial charge in [0.1, 0.15) is 18.1 Å². The number of benzene rings is 1. The van der Waals surface area contributed by atoms with Gasteiger partial charge in [-0.3, -0.25) is 9.59 Å². The summed E-state index contributed by atoms with van der Waals surface area (Å²) in [5.74, 6) is 0.630. The van der Waals surface area contributed by atoms with E-state index in [2.05, 4.69) is 19.2 Å². The van der Waals surface area contributed by atoms with E-state index >= 15 is 0 Å². The lowest BCUT2D eigenvalue weighted by molar-refractivity contribution is -0.135. The molecule has 164 valence electrons. The zero-order valence-corrected chi connectivity index (χ0v) is 17.9. The summed E-state index contributed by atoms with van der Waals surface area (Å²) >= 11 is 0. The van der Waals surface area contributed by atoms with Crippen LogP contribution in [0.4, 0.5) is 4.39 Å². The van der Waals surface area contributed by atoms with E-state index in [0.29, 0.717) is 12.4 Å². The van der Waals surface area contributed by atoms with Crippen LogP contribution in [0.1, 0.15) is 80.6 Å². The van der Waals surface area contributed by atoms with Crippen LogP contribution in [-0.2, 0) is 4.79 Å². The molecule has 2 N–H and O–H groups in total. The highest BCUT2D eigenvalue weighted by Crippen LogP contribution is 2.51. The van der Waals surface area contributed by atoms with E-state index in [9.17, 15) is 14.0 Å². The number of carboxylic acids is 1.